The number of amides is 1. The summed E-state index contributed by atoms with van der Waals surface area (Å²) in [5, 5.41) is 2.81. The molecule has 0 aliphatic heterocycles. The van der Waals surface area contributed by atoms with Crippen LogP contribution in [0.25, 0.3) is 11.3 Å². The third-order valence-electron chi connectivity index (χ3n) is 5.31. The van der Waals surface area contributed by atoms with Crippen LogP contribution in [0.5, 0.6) is 0 Å². The fraction of sp³-hybridized carbons (Fsp3) is 0.304. The summed E-state index contributed by atoms with van der Waals surface area (Å²) in [5.74, 6) is 0.302. The van der Waals surface area contributed by atoms with Crippen molar-refractivity contribution in [3.8, 4) is 11.3 Å². The third kappa shape index (κ3) is 3.54. The van der Waals surface area contributed by atoms with E-state index in [-0.39, 0.29) is 11.8 Å². The lowest BCUT2D eigenvalue weighted by Gasteiger charge is -2.31. The fourth-order valence-electron chi connectivity index (χ4n) is 3.34. The SMILES string of the molecule is Cc1ccc(-c2csc(N(C(=O)C3CCC3)c3cc(C)ccc3C)n2)cc1. The molecule has 0 saturated heterocycles. The second-order valence-corrected chi connectivity index (χ2v) is 8.31. The lowest BCUT2D eigenvalue weighted by Crippen LogP contribution is -2.36. The molecule has 1 amide bonds. The Morgan fingerprint density at radius 2 is 1.74 bits per heavy atom. The number of nitrogens with zero attached hydrogens (tertiary/aromatic N) is 2. The van der Waals surface area contributed by atoms with Crippen LogP contribution in [-0.4, -0.2) is 10.9 Å². The number of carbonyl (C=O) groups excluding carboxylic acids is 1. The minimum atomic E-state index is 0.122. The number of aromatic nitrogens is 1. The van der Waals surface area contributed by atoms with E-state index in [1.54, 1.807) is 11.3 Å². The van der Waals surface area contributed by atoms with Gasteiger partial charge < -0.3 is 0 Å². The van der Waals surface area contributed by atoms with E-state index in [0.717, 1.165) is 52.5 Å². The molecule has 1 heterocycles. The van der Waals surface area contributed by atoms with Gasteiger partial charge in [0.25, 0.3) is 0 Å². The van der Waals surface area contributed by atoms with E-state index in [4.69, 9.17) is 4.98 Å². The molecule has 1 aromatic heterocycles. The van der Waals surface area contributed by atoms with Gasteiger partial charge >= 0.3 is 0 Å². The van der Waals surface area contributed by atoms with Crippen molar-refractivity contribution in [2.24, 2.45) is 5.92 Å². The van der Waals surface area contributed by atoms with Crippen LogP contribution in [-0.2, 0) is 4.79 Å². The van der Waals surface area contributed by atoms with Gasteiger partial charge in [-0.05, 0) is 50.8 Å². The fourth-order valence-corrected chi connectivity index (χ4v) is 4.19. The first kappa shape index (κ1) is 17.9. The molecule has 1 fully saturated rings. The zero-order valence-corrected chi connectivity index (χ0v) is 16.8. The zero-order chi connectivity index (χ0) is 19.0. The van der Waals surface area contributed by atoms with Gasteiger partial charge in [0.15, 0.2) is 5.13 Å². The van der Waals surface area contributed by atoms with Gasteiger partial charge in [0, 0.05) is 16.9 Å². The number of benzene rings is 2. The van der Waals surface area contributed by atoms with Crippen molar-refractivity contribution in [2.75, 3.05) is 4.90 Å². The van der Waals surface area contributed by atoms with E-state index in [1.807, 2.05) is 10.3 Å². The molecule has 0 radical (unpaired) electrons. The standard InChI is InChI=1S/C23H24N2OS/c1-15-8-11-18(12-9-15)20-14-27-23(24-20)25(22(26)19-5-4-6-19)21-13-16(2)7-10-17(21)3/h7-14,19H,4-6H2,1-3H3. The molecule has 3 aromatic rings. The van der Waals surface area contributed by atoms with Crippen LogP contribution in [0.15, 0.2) is 47.8 Å². The molecular weight excluding hydrogens is 352 g/mol. The number of carbonyl (C=O) groups is 1. The summed E-state index contributed by atoms with van der Waals surface area (Å²) < 4.78 is 0. The number of hydrogen-bond donors (Lipinski definition) is 0. The molecule has 27 heavy (non-hydrogen) atoms. The van der Waals surface area contributed by atoms with Crippen molar-refractivity contribution in [1.29, 1.82) is 0 Å². The molecule has 1 aliphatic carbocycles. The van der Waals surface area contributed by atoms with Gasteiger partial charge in [0.05, 0.1) is 11.4 Å². The maximum Gasteiger partial charge on any atom is 0.236 e. The number of thiazole rings is 1. The second-order valence-electron chi connectivity index (χ2n) is 7.47. The highest BCUT2D eigenvalue weighted by atomic mass is 32.1. The average Bonchev–Trinajstić information content (AvgIpc) is 3.07. The average molecular weight is 377 g/mol. The lowest BCUT2D eigenvalue weighted by molar-refractivity contribution is -0.123. The van der Waals surface area contributed by atoms with Gasteiger partial charge in [-0.15, -0.1) is 11.3 Å². The summed E-state index contributed by atoms with van der Waals surface area (Å²) in [5.41, 5.74) is 6.44. The molecule has 0 atom stereocenters. The minimum absolute atomic E-state index is 0.122. The maximum atomic E-state index is 13.3. The van der Waals surface area contributed by atoms with E-state index < -0.39 is 0 Å². The lowest BCUT2D eigenvalue weighted by atomic mass is 9.84. The topological polar surface area (TPSA) is 33.2 Å². The zero-order valence-electron chi connectivity index (χ0n) is 16.0. The Kier molecular flexibility index (Phi) is 4.83. The molecule has 0 bridgehead atoms. The summed E-state index contributed by atoms with van der Waals surface area (Å²) in [6.45, 7) is 6.20. The van der Waals surface area contributed by atoms with Crippen LogP contribution < -0.4 is 4.90 Å². The van der Waals surface area contributed by atoms with Crippen molar-refractivity contribution < 1.29 is 4.79 Å². The quantitative estimate of drug-likeness (QED) is 0.543. The Hall–Kier alpha value is -2.46. The largest absolute Gasteiger partial charge is 0.274 e. The van der Waals surface area contributed by atoms with Gasteiger partial charge in [0.1, 0.15) is 0 Å². The molecule has 4 rings (SSSR count). The van der Waals surface area contributed by atoms with Crippen molar-refractivity contribution in [1.82, 2.24) is 4.98 Å². The van der Waals surface area contributed by atoms with E-state index in [9.17, 15) is 4.79 Å². The molecule has 1 saturated carbocycles. The number of anilines is 2. The van der Waals surface area contributed by atoms with E-state index in [0.29, 0.717) is 0 Å². The summed E-state index contributed by atoms with van der Waals surface area (Å²) in [4.78, 5) is 20.0. The Balaban J connectivity index is 1.76. The van der Waals surface area contributed by atoms with Crippen LogP contribution >= 0.6 is 11.3 Å². The predicted molar refractivity (Wildman–Crippen MR) is 113 cm³/mol. The van der Waals surface area contributed by atoms with Crippen molar-refractivity contribution in [2.45, 2.75) is 40.0 Å². The van der Waals surface area contributed by atoms with Crippen LogP contribution in [0.2, 0.25) is 0 Å². The molecule has 2 aromatic carbocycles. The minimum Gasteiger partial charge on any atom is -0.274 e. The third-order valence-corrected chi connectivity index (χ3v) is 6.14. The second kappa shape index (κ2) is 7.28. The molecule has 0 unspecified atom stereocenters. The van der Waals surface area contributed by atoms with E-state index in [1.165, 1.54) is 5.56 Å². The molecule has 1 aliphatic rings. The number of aryl methyl sites for hydroxylation is 3. The molecule has 4 heteroatoms. The van der Waals surface area contributed by atoms with Crippen molar-refractivity contribution in [3.63, 3.8) is 0 Å². The smallest absolute Gasteiger partial charge is 0.236 e. The van der Waals surface area contributed by atoms with Gasteiger partial charge in [0.2, 0.25) is 5.91 Å². The van der Waals surface area contributed by atoms with Gasteiger partial charge in [-0.3, -0.25) is 9.69 Å². The van der Waals surface area contributed by atoms with Crippen LogP contribution in [0, 0.1) is 26.7 Å². The van der Waals surface area contributed by atoms with E-state index in [2.05, 4.69) is 63.2 Å². The molecule has 0 spiro atoms. The molecule has 3 nitrogen and oxygen atoms in total. The highest BCUT2D eigenvalue weighted by Crippen LogP contribution is 2.38. The highest BCUT2D eigenvalue weighted by molar-refractivity contribution is 7.14. The highest BCUT2D eigenvalue weighted by Gasteiger charge is 2.33. The number of hydrogen-bond acceptors (Lipinski definition) is 3. The van der Waals surface area contributed by atoms with Crippen molar-refractivity contribution in [3.05, 3.63) is 64.5 Å². The molecule has 0 N–H and O–H groups in total. The summed E-state index contributed by atoms with van der Waals surface area (Å²) in [7, 11) is 0. The summed E-state index contributed by atoms with van der Waals surface area (Å²) >= 11 is 1.54. The first-order chi connectivity index (χ1) is 13.0. The monoisotopic (exact) mass is 376 g/mol. The molecular formula is C23H24N2OS. The van der Waals surface area contributed by atoms with Crippen LogP contribution in [0.3, 0.4) is 0 Å². The number of rotatable bonds is 4. The maximum absolute atomic E-state index is 13.3. The Bertz CT molecular complexity index is 970. The first-order valence-electron chi connectivity index (χ1n) is 9.47. The van der Waals surface area contributed by atoms with Crippen LogP contribution in [0.4, 0.5) is 10.8 Å². The van der Waals surface area contributed by atoms with Gasteiger partial charge in [-0.1, -0.05) is 48.4 Å². The normalized spacial score (nSPS) is 14.0. The first-order valence-corrected chi connectivity index (χ1v) is 10.3. The van der Waals surface area contributed by atoms with Gasteiger partial charge in [-0.25, -0.2) is 4.98 Å². The Morgan fingerprint density at radius 3 is 2.41 bits per heavy atom. The van der Waals surface area contributed by atoms with E-state index >= 15 is 0 Å². The summed E-state index contributed by atoms with van der Waals surface area (Å²) in [6.07, 6.45) is 3.11. The predicted octanol–water partition coefficient (Wildman–Crippen LogP) is 6.20. The summed E-state index contributed by atoms with van der Waals surface area (Å²) in [6, 6.07) is 14.6. The van der Waals surface area contributed by atoms with Gasteiger partial charge in [-0.2, -0.15) is 0 Å². The van der Waals surface area contributed by atoms with Crippen LogP contribution in [0.1, 0.15) is 36.0 Å². The Labute approximate surface area is 164 Å². The Morgan fingerprint density at radius 1 is 1.04 bits per heavy atom. The molecule has 138 valence electrons. The van der Waals surface area contributed by atoms with Crippen molar-refractivity contribution >= 4 is 28.1 Å².